The summed E-state index contributed by atoms with van der Waals surface area (Å²) in [6, 6.07) is 6.60. The average Bonchev–Trinajstić information content (AvgIpc) is 3.03. The largest absolute Gasteiger partial charge is 0.496 e. The monoisotopic (exact) mass is 260 g/mol. The Morgan fingerprint density at radius 2 is 2.16 bits per heavy atom. The van der Waals surface area contributed by atoms with Crippen LogP contribution >= 0.6 is 0 Å². The maximum absolute atomic E-state index is 5.88. The van der Waals surface area contributed by atoms with Crippen molar-refractivity contribution in [1.82, 2.24) is 5.43 Å². The highest BCUT2D eigenvalue weighted by Gasteiger charge is 2.43. The molecule has 0 saturated heterocycles. The van der Waals surface area contributed by atoms with E-state index in [1.54, 1.807) is 7.11 Å². The summed E-state index contributed by atoms with van der Waals surface area (Å²) in [6.45, 7) is 2.12. The van der Waals surface area contributed by atoms with Crippen molar-refractivity contribution in [1.29, 1.82) is 0 Å². The molecule has 2 fully saturated rings. The predicted molar refractivity (Wildman–Crippen MR) is 76.7 cm³/mol. The summed E-state index contributed by atoms with van der Waals surface area (Å²) in [5, 5.41) is 0. The van der Waals surface area contributed by atoms with E-state index in [-0.39, 0.29) is 6.04 Å². The van der Waals surface area contributed by atoms with E-state index >= 15 is 0 Å². The second-order valence-corrected chi connectivity index (χ2v) is 6.23. The number of methoxy groups -OCH3 is 1. The third-order valence-corrected chi connectivity index (χ3v) is 5.12. The third kappa shape index (κ3) is 2.26. The van der Waals surface area contributed by atoms with Crippen molar-refractivity contribution < 1.29 is 4.74 Å². The fraction of sp³-hybridized carbons (Fsp3) is 0.625. The van der Waals surface area contributed by atoms with E-state index in [9.17, 15) is 0 Å². The third-order valence-electron chi connectivity index (χ3n) is 5.12. The Kier molecular flexibility index (Phi) is 3.50. The lowest BCUT2D eigenvalue weighted by atomic mass is 9.80. The van der Waals surface area contributed by atoms with Crippen LogP contribution in [0.5, 0.6) is 5.75 Å². The maximum atomic E-state index is 5.88. The van der Waals surface area contributed by atoms with Gasteiger partial charge in [0.15, 0.2) is 0 Å². The molecule has 104 valence electrons. The zero-order valence-electron chi connectivity index (χ0n) is 11.9. The van der Waals surface area contributed by atoms with Crippen LogP contribution in [0.2, 0.25) is 0 Å². The SMILES string of the molecule is COc1ccc(C)cc1C(NN)C1CC2CCC1C2. The van der Waals surface area contributed by atoms with E-state index in [1.165, 1.54) is 36.8 Å². The number of rotatable bonds is 4. The molecule has 1 aromatic rings. The van der Waals surface area contributed by atoms with E-state index in [2.05, 4.69) is 30.5 Å². The first-order valence-electron chi connectivity index (χ1n) is 7.33. The molecule has 2 bridgehead atoms. The molecule has 0 aliphatic heterocycles. The number of ether oxygens (including phenoxy) is 1. The number of benzene rings is 1. The van der Waals surface area contributed by atoms with Crippen LogP contribution in [0.15, 0.2) is 18.2 Å². The molecular formula is C16H24N2O. The van der Waals surface area contributed by atoms with Gasteiger partial charge < -0.3 is 4.74 Å². The molecule has 3 N–H and O–H groups in total. The topological polar surface area (TPSA) is 47.3 Å². The van der Waals surface area contributed by atoms with E-state index in [0.717, 1.165) is 17.6 Å². The quantitative estimate of drug-likeness (QED) is 0.646. The lowest BCUT2D eigenvalue weighted by Crippen LogP contribution is -2.36. The van der Waals surface area contributed by atoms with Gasteiger partial charge in [-0.1, -0.05) is 24.1 Å². The second-order valence-electron chi connectivity index (χ2n) is 6.23. The Bertz CT molecular complexity index is 460. The Balaban J connectivity index is 1.91. The first-order chi connectivity index (χ1) is 9.22. The summed E-state index contributed by atoms with van der Waals surface area (Å²) in [5.41, 5.74) is 5.55. The molecule has 3 nitrogen and oxygen atoms in total. The van der Waals surface area contributed by atoms with Crippen molar-refractivity contribution >= 4 is 0 Å². The van der Waals surface area contributed by atoms with Crippen LogP contribution in [0.3, 0.4) is 0 Å². The van der Waals surface area contributed by atoms with Gasteiger partial charge in [0.1, 0.15) is 5.75 Å². The number of aryl methyl sites for hydroxylation is 1. The highest BCUT2D eigenvalue weighted by Crippen LogP contribution is 2.53. The second kappa shape index (κ2) is 5.14. The highest BCUT2D eigenvalue weighted by molar-refractivity contribution is 5.39. The van der Waals surface area contributed by atoms with Crippen LogP contribution < -0.4 is 16.0 Å². The Hall–Kier alpha value is -1.06. The van der Waals surface area contributed by atoms with Gasteiger partial charge in [0.25, 0.3) is 0 Å². The smallest absolute Gasteiger partial charge is 0.123 e. The van der Waals surface area contributed by atoms with Crippen molar-refractivity contribution in [2.24, 2.45) is 23.6 Å². The van der Waals surface area contributed by atoms with Crippen molar-refractivity contribution in [3.8, 4) is 5.75 Å². The van der Waals surface area contributed by atoms with Gasteiger partial charge >= 0.3 is 0 Å². The van der Waals surface area contributed by atoms with Crippen LogP contribution in [0, 0.1) is 24.7 Å². The zero-order chi connectivity index (χ0) is 13.4. The first kappa shape index (κ1) is 12.9. The summed E-state index contributed by atoms with van der Waals surface area (Å²) in [7, 11) is 1.74. The van der Waals surface area contributed by atoms with Gasteiger partial charge in [-0.2, -0.15) is 0 Å². The maximum Gasteiger partial charge on any atom is 0.123 e. The van der Waals surface area contributed by atoms with Gasteiger partial charge in [0.2, 0.25) is 0 Å². The Labute approximate surface area is 115 Å². The van der Waals surface area contributed by atoms with Crippen molar-refractivity contribution in [3.63, 3.8) is 0 Å². The normalized spacial score (nSPS) is 30.6. The van der Waals surface area contributed by atoms with Crippen LogP contribution in [-0.2, 0) is 0 Å². The molecule has 4 atom stereocenters. The molecule has 4 unspecified atom stereocenters. The fourth-order valence-corrected chi connectivity index (χ4v) is 4.24. The summed E-state index contributed by atoms with van der Waals surface area (Å²) >= 11 is 0. The number of fused-ring (bicyclic) bond motifs is 2. The lowest BCUT2D eigenvalue weighted by Gasteiger charge is -2.31. The molecular weight excluding hydrogens is 236 g/mol. The number of hydrazine groups is 1. The summed E-state index contributed by atoms with van der Waals surface area (Å²) < 4.78 is 5.53. The van der Waals surface area contributed by atoms with Crippen LogP contribution in [0.25, 0.3) is 0 Å². The van der Waals surface area contributed by atoms with Gasteiger partial charge in [0.05, 0.1) is 13.2 Å². The number of hydrogen-bond acceptors (Lipinski definition) is 3. The Morgan fingerprint density at radius 1 is 1.32 bits per heavy atom. The first-order valence-corrected chi connectivity index (χ1v) is 7.33. The van der Waals surface area contributed by atoms with Gasteiger partial charge in [-0.05, 0) is 50.0 Å². The molecule has 1 aromatic carbocycles. The molecule has 0 amide bonds. The van der Waals surface area contributed by atoms with Crippen molar-refractivity contribution in [2.45, 2.75) is 38.6 Å². The Morgan fingerprint density at radius 3 is 2.74 bits per heavy atom. The molecule has 0 heterocycles. The minimum Gasteiger partial charge on any atom is -0.496 e. The van der Waals surface area contributed by atoms with Crippen molar-refractivity contribution in [2.75, 3.05) is 7.11 Å². The van der Waals surface area contributed by atoms with Gasteiger partial charge in [0, 0.05) is 5.56 Å². The number of hydrogen-bond donors (Lipinski definition) is 2. The van der Waals surface area contributed by atoms with Crippen LogP contribution in [0.4, 0.5) is 0 Å². The number of nitrogens with two attached hydrogens (primary N) is 1. The molecule has 2 aliphatic carbocycles. The molecule has 2 aliphatic rings. The molecule has 0 aromatic heterocycles. The summed E-state index contributed by atoms with van der Waals surface area (Å²) in [5.74, 6) is 9.28. The minimum absolute atomic E-state index is 0.227. The molecule has 0 radical (unpaired) electrons. The molecule has 3 rings (SSSR count). The van der Waals surface area contributed by atoms with E-state index in [4.69, 9.17) is 10.6 Å². The summed E-state index contributed by atoms with van der Waals surface area (Å²) in [6.07, 6.45) is 5.51. The van der Waals surface area contributed by atoms with Crippen molar-refractivity contribution in [3.05, 3.63) is 29.3 Å². The lowest BCUT2D eigenvalue weighted by molar-refractivity contribution is 0.247. The fourth-order valence-electron chi connectivity index (χ4n) is 4.24. The van der Waals surface area contributed by atoms with E-state index < -0.39 is 0 Å². The van der Waals surface area contributed by atoms with Gasteiger partial charge in [-0.25, -0.2) is 0 Å². The number of nitrogens with one attached hydrogen (secondary N) is 1. The summed E-state index contributed by atoms with van der Waals surface area (Å²) in [4.78, 5) is 0. The highest BCUT2D eigenvalue weighted by atomic mass is 16.5. The zero-order valence-corrected chi connectivity index (χ0v) is 11.9. The molecule has 19 heavy (non-hydrogen) atoms. The minimum atomic E-state index is 0.227. The van der Waals surface area contributed by atoms with E-state index in [0.29, 0.717) is 5.92 Å². The molecule has 2 saturated carbocycles. The predicted octanol–water partition coefficient (Wildman–Crippen LogP) is 2.94. The van der Waals surface area contributed by atoms with E-state index in [1.807, 2.05) is 0 Å². The van der Waals surface area contributed by atoms with Gasteiger partial charge in [-0.15, -0.1) is 0 Å². The van der Waals surface area contributed by atoms with Crippen LogP contribution in [0.1, 0.15) is 42.9 Å². The van der Waals surface area contributed by atoms with Gasteiger partial charge in [-0.3, -0.25) is 11.3 Å². The average molecular weight is 260 g/mol. The molecule has 3 heteroatoms. The van der Waals surface area contributed by atoms with Crippen LogP contribution in [-0.4, -0.2) is 7.11 Å². The molecule has 0 spiro atoms. The standard InChI is InChI=1S/C16H24N2O/c1-10-3-6-15(19-2)14(7-10)16(18-17)13-9-11-4-5-12(13)8-11/h3,6-7,11-13,16,18H,4-5,8-9,17H2,1-2H3.